The maximum atomic E-state index is 5.20. The molecule has 5 nitrogen and oxygen atoms in total. The highest BCUT2D eigenvalue weighted by Crippen LogP contribution is 2.18. The number of aromatic nitrogens is 2. The van der Waals surface area contributed by atoms with Gasteiger partial charge in [0.2, 0.25) is 5.89 Å². The predicted octanol–water partition coefficient (Wildman–Crippen LogP) is 2.42. The second-order valence-corrected chi connectivity index (χ2v) is 5.25. The van der Waals surface area contributed by atoms with Gasteiger partial charge in [0, 0.05) is 20.1 Å². The molecule has 0 saturated carbocycles. The molecule has 1 N–H and O–H groups in total. The Hall–Kier alpha value is -1.88. The quantitative estimate of drug-likeness (QED) is 0.876. The lowest BCUT2D eigenvalue weighted by molar-refractivity contribution is 0.352. The monoisotopic (exact) mass is 274 g/mol. The number of nitrogens with zero attached hydrogens (tertiary/aromatic N) is 3. The number of benzene rings is 1. The van der Waals surface area contributed by atoms with Crippen LogP contribution in [0.3, 0.4) is 0 Å². The van der Waals surface area contributed by atoms with Crippen molar-refractivity contribution in [1.82, 2.24) is 15.5 Å². The van der Waals surface area contributed by atoms with Gasteiger partial charge in [0.1, 0.15) is 0 Å². The van der Waals surface area contributed by atoms with Crippen LogP contribution in [0.2, 0.25) is 0 Å². The molecule has 0 amide bonds. The lowest BCUT2D eigenvalue weighted by Gasteiger charge is -2.20. The number of rotatable bonds is 6. The molecule has 2 aromatic rings. The van der Waals surface area contributed by atoms with Crippen LogP contribution in [0.25, 0.3) is 0 Å². The summed E-state index contributed by atoms with van der Waals surface area (Å²) in [6.07, 6.45) is 0. The molecule has 0 bridgehead atoms. The second-order valence-electron chi connectivity index (χ2n) is 5.25. The van der Waals surface area contributed by atoms with Crippen molar-refractivity contribution in [2.24, 2.45) is 0 Å². The summed E-state index contributed by atoms with van der Waals surface area (Å²) in [5.74, 6) is 1.64. The molecule has 0 spiro atoms. The van der Waals surface area contributed by atoms with Gasteiger partial charge in [-0.3, -0.25) is 0 Å². The van der Waals surface area contributed by atoms with E-state index in [-0.39, 0.29) is 0 Å². The Morgan fingerprint density at radius 3 is 2.50 bits per heavy atom. The second kappa shape index (κ2) is 6.52. The van der Waals surface area contributed by atoms with Crippen LogP contribution in [0.15, 0.2) is 34.9 Å². The van der Waals surface area contributed by atoms with Crippen molar-refractivity contribution >= 4 is 5.95 Å². The average Bonchev–Trinajstić information content (AvgIpc) is 2.94. The van der Waals surface area contributed by atoms with Gasteiger partial charge in [0.25, 0.3) is 5.95 Å². The number of hydrogen-bond donors (Lipinski definition) is 1. The van der Waals surface area contributed by atoms with Crippen LogP contribution < -0.4 is 10.2 Å². The molecule has 0 aliphatic carbocycles. The molecular weight excluding hydrogens is 252 g/mol. The number of anilines is 1. The van der Waals surface area contributed by atoms with Crippen molar-refractivity contribution in [3.8, 4) is 0 Å². The van der Waals surface area contributed by atoms with Gasteiger partial charge in [0.15, 0.2) is 0 Å². The van der Waals surface area contributed by atoms with Crippen LogP contribution in [0.5, 0.6) is 0 Å². The first-order chi connectivity index (χ1) is 9.58. The fraction of sp³-hybridized carbons (Fsp3) is 0.467. The molecular formula is C15H22N4O. The van der Waals surface area contributed by atoms with E-state index in [9.17, 15) is 0 Å². The van der Waals surface area contributed by atoms with Crippen molar-refractivity contribution < 1.29 is 4.52 Å². The highest BCUT2D eigenvalue weighted by atomic mass is 16.5. The minimum absolute atomic E-state index is 0.326. The summed E-state index contributed by atoms with van der Waals surface area (Å²) in [6.45, 7) is 4.96. The molecule has 0 aliphatic heterocycles. The lowest BCUT2D eigenvalue weighted by atomic mass is 9.94. The Bertz CT molecular complexity index is 524. The maximum absolute atomic E-state index is 5.20. The summed E-state index contributed by atoms with van der Waals surface area (Å²) < 4.78 is 5.20. The fourth-order valence-electron chi connectivity index (χ4n) is 1.97. The molecule has 2 atom stereocenters. The molecule has 1 aromatic carbocycles. The molecule has 0 saturated heterocycles. The van der Waals surface area contributed by atoms with E-state index >= 15 is 0 Å². The van der Waals surface area contributed by atoms with Gasteiger partial charge in [-0.1, -0.05) is 37.3 Å². The average molecular weight is 274 g/mol. The summed E-state index contributed by atoms with van der Waals surface area (Å²) in [4.78, 5) is 6.12. The standard InChI is InChI=1S/C15H22N4O/c1-11(13-8-6-5-7-9-13)12(2)16-10-14-17-15(18-20-14)19(3)4/h5-9,11-12,16H,10H2,1-4H3/t11-,12+/m1/s1. The van der Waals surface area contributed by atoms with Gasteiger partial charge >= 0.3 is 0 Å². The van der Waals surface area contributed by atoms with Crippen LogP contribution >= 0.6 is 0 Å². The Morgan fingerprint density at radius 1 is 1.20 bits per heavy atom. The lowest BCUT2D eigenvalue weighted by Crippen LogP contribution is -2.30. The van der Waals surface area contributed by atoms with E-state index in [0.29, 0.717) is 30.3 Å². The Balaban J connectivity index is 1.89. The Labute approximate surface area is 120 Å². The molecule has 2 rings (SSSR count). The highest BCUT2D eigenvalue weighted by molar-refractivity contribution is 5.23. The highest BCUT2D eigenvalue weighted by Gasteiger charge is 2.15. The van der Waals surface area contributed by atoms with Gasteiger partial charge in [-0.05, 0) is 23.6 Å². The Kier molecular flexibility index (Phi) is 4.74. The smallest absolute Gasteiger partial charge is 0.265 e. The van der Waals surface area contributed by atoms with Crippen LogP contribution in [0, 0.1) is 0 Å². The van der Waals surface area contributed by atoms with Crippen LogP contribution in [0.4, 0.5) is 5.95 Å². The topological polar surface area (TPSA) is 54.2 Å². The van der Waals surface area contributed by atoms with E-state index in [1.807, 2.05) is 25.1 Å². The van der Waals surface area contributed by atoms with Gasteiger partial charge in [0.05, 0.1) is 6.54 Å². The minimum atomic E-state index is 0.326. The maximum Gasteiger partial charge on any atom is 0.265 e. The molecule has 108 valence electrons. The van der Waals surface area contributed by atoms with E-state index < -0.39 is 0 Å². The SMILES string of the molecule is C[C@H](NCc1nc(N(C)C)no1)[C@@H](C)c1ccccc1. The first-order valence-electron chi connectivity index (χ1n) is 6.86. The third-order valence-electron chi connectivity index (χ3n) is 3.51. The largest absolute Gasteiger partial charge is 0.344 e. The van der Waals surface area contributed by atoms with E-state index in [1.165, 1.54) is 5.56 Å². The minimum Gasteiger partial charge on any atom is -0.344 e. The first kappa shape index (κ1) is 14.5. The Morgan fingerprint density at radius 2 is 1.90 bits per heavy atom. The van der Waals surface area contributed by atoms with Gasteiger partial charge < -0.3 is 14.7 Å². The summed E-state index contributed by atoms with van der Waals surface area (Å²) in [6, 6.07) is 10.8. The zero-order valence-electron chi connectivity index (χ0n) is 12.5. The molecule has 0 aliphatic rings. The first-order valence-corrected chi connectivity index (χ1v) is 6.86. The van der Waals surface area contributed by atoms with E-state index in [4.69, 9.17) is 4.52 Å². The summed E-state index contributed by atoms with van der Waals surface area (Å²) in [5.41, 5.74) is 1.33. The van der Waals surface area contributed by atoms with Gasteiger partial charge in [-0.25, -0.2) is 0 Å². The van der Waals surface area contributed by atoms with E-state index in [0.717, 1.165) is 0 Å². The van der Waals surface area contributed by atoms with Crippen LogP contribution in [0.1, 0.15) is 31.2 Å². The molecule has 5 heteroatoms. The summed E-state index contributed by atoms with van der Waals surface area (Å²) in [7, 11) is 3.78. The van der Waals surface area contributed by atoms with E-state index in [1.54, 1.807) is 0 Å². The molecule has 1 aromatic heterocycles. The van der Waals surface area contributed by atoms with Gasteiger partial charge in [-0.15, -0.1) is 0 Å². The van der Waals surface area contributed by atoms with Crippen molar-refractivity contribution in [1.29, 1.82) is 0 Å². The molecule has 0 radical (unpaired) electrons. The van der Waals surface area contributed by atoms with Crippen molar-refractivity contribution in [2.75, 3.05) is 19.0 Å². The third-order valence-corrected chi connectivity index (χ3v) is 3.51. The molecule has 20 heavy (non-hydrogen) atoms. The zero-order chi connectivity index (χ0) is 14.5. The molecule has 1 heterocycles. The summed E-state index contributed by atoms with van der Waals surface area (Å²) in [5, 5.41) is 7.33. The normalized spacial score (nSPS) is 14.0. The molecule has 0 fully saturated rings. The number of hydrogen-bond acceptors (Lipinski definition) is 5. The van der Waals surface area contributed by atoms with Crippen molar-refractivity contribution in [3.05, 3.63) is 41.8 Å². The summed E-state index contributed by atoms with van der Waals surface area (Å²) >= 11 is 0. The molecule has 0 unspecified atom stereocenters. The fourth-order valence-corrected chi connectivity index (χ4v) is 1.97. The van der Waals surface area contributed by atoms with Gasteiger partial charge in [-0.2, -0.15) is 4.98 Å². The zero-order valence-corrected chi connectivity index (χ0v) is 12.5. The number of nitrogens with one attached hydrogen (secondary N) is 1. The van der Waals surface area contributed by atoms with Crippen molar-refractivity contribution in [3.63, 3.8) is 0 Å². The van der Waals surface area contributed by atoms with Crippen LogP contribution in [-0.2, 0) is 6.54 Å². The predicted molar refractivity (Wildman–Crippen MR) is 79.8 cm³/mol. The van der Waals surface area contributed by atoms with Crippen molar-refractivity contribution in [2.45, 2.75) is 32.4 Å². The van der Waals surface area contributed by atoms with E-state index in [2.05, 4.69) is 53.6 Å². The van der Waals surface area contributed by atoms with Crippen LogP contribution in [-0.4, -0.2) is 30.3 Å². The third kappa shape index (κ3) is 3.57.